The first kappa shape index (κ1) is 14.0. The highest BCUT2D eigenvalue weighted by Crippen LogP contribution is 2.32. The van der Waals surface area contributed by atoms with Crippen LogP contribution in [0.1, 0.15) is 72.1 Å². The Kier molecular flexibility index (Phi) is 7.11. The van der Waals surface area contributed by atoms with Crippen molar-refractivity contribution in [2.75, 3.05) is 6.54 Å². The molecule has 1 saturated carbocycles. The quantitative estimate of drug-likeness (QED) is 0.614. The first-order valence-electron chi connectivity index (χ1n) is 7.53. The summed E-state index contributed by atoms with van der Waals surface area (Å²) in [6.07, 6.45) is 11.3. The zero-order valence-corrected chi connectivity index (χ0v) is 11.6. The van der Waals surface area contributed by atoms with E-state index < -0.39 is 0 Å². The second-order valence-corrected chi connectivity index (χ2v) is 5.60. The summed E-state index contributed by atoms with van der Waals surface area (Å²) < 4.78 is 0. The van der Waals surface area contributed by atoms with Crippen LogP contribution in [0, 0.1) is 11.8 Å². The fourth-order valence-electron chi connectivity index (χ4n) is 2.77. The number of nitrogens with one attached hydrogen (secondary N) is 1. The molecule has 0 saturated heterocycles. The summed E-state index contributed by atoms with van der Waals surface area (Å²) >= 11 is 0. The second kappa shape index (κ2) is 8.11. The van der Waals surface area contributed by atoms with E-state index in [0.29, 0.717) is 0 Å². The predicted octanol–water partition coefficient (Wildman–Crippen LogP) is 4.37. The summed E-state index contributed by atoms with van der Waals surface area (Å²) in [4.78, 5) is 0. The minimum atomic E-state index is 0.801. The van der Waals surface area contributed by atoms with Crippen molar-refractivity contribution in [2.24, 2.45) is 11.8 Å². The highest BCUT2D eigenvalue weighted by atomic mass is 14.9. The third-order valence-corrected chi connectivity index (χ3v) is 4.30. The van der Waals surface area contributed by atoms with Crippen molar-refractivity contribution >= 4 is 0 Å². The van der Waals surface area contributed by atoms with Crippen LogP contribution in [0.5, 0.6) is 0 Å². The molecule has 16 heavy (non-hydrogen) atoms. The van der Waals surface area contributed by atoms with Crippen LogP contribution >= 0.6 is 0 Å². The van der Waals surface area contributed by atoms with E-state index in [2.05, 4.69) is 26.1 Å². The number of hydrogen-bond donors (Lipinski definition) is 1. The van der Waals surface area contributed by atoms with Crippen molar-refractivity contribution in [2.45, 2.75) is 78.2 Å². The SMILES string of the molecule is CCCNC(CC(CC)CC)CC1CCC1. The van der Waals surface area contributed by atoms with Crippen LogP contribution in [0.4, 0.5) is 0 Å². The smallest absolute Gasteiger partial charge is 0.00723 e. The molecule has 1 aliphatic rings. The van der Waals surface area contributed by atoms with Crippen molar-refractivity contribution < 1.29 is 0 Å². The number of rotatable bonds is 9. The van der Waals surface area contributed by atoms with Crippen molar-refractivity contribution in [1.82, 2.24) is 5.32 Å². The summed E-state index contributed by atoms with van der Waals surface area (Å²) in [7, 11) is 0. The minimum absolute atomic E-state index is 0.801. The third kappa shape index (κ3) is 4.86. The molecule has 0 aliphatic heterocycles. The van der Waals surface area contributed by atoms with Crippen LogP contribution in [0.3, 0.4) is 0 Å². The summed E-state index contributed by atoms with van der Waals surface area (Å²) in [5.74, 6) is 1.98. The Hall–Kier alpha value is -0.0400. The monoisotopic (exact) mass is 225 g/mol. The van der Waals surface area contributed by atoms with E-state index >= 15 is 0 Å². The molecule has 0 amide bonds. The molecule has 0 radical (unpaired) electrons. The van der Waals surface area contributed by atoms with E-state index in [-0.39, 0.29) is 0 Å². The van der Waals surface area contributed by atoms with Gasteiger partial charge in [-0.25, -0.2) is 0 Å². The fourth-order valence-corrected chi connectivity index (χ4v) is 2.77. The van der Waals surface area contributed by atoms with Gasteiger partial charge in [0.1, 0.15) is 0 Å². The molecule has 1 nitrogen and oxygen atoms in total. The molecule has 0 spiro atoms. The largest absolute Gasteiger partial charge is 0.314 e. The molecular formula is C15H31N. The summed E-state index contributed by atoms with van der Waals surface area (Å²) in [5.41, 5.74) is 0. The molecule has 0 aromatic rings. The molecule has 1 unspecified atom stereocenters. The number of hydrogen-bond acceptors (Lipinski definition) is 1. The van der Waals surface area contributed by atoms with Crippen LogP contribution in [-0.4, -0.2) is 12.6 Å². The molecular weight excluding hydrogens is 194 g/mol. The van der Waals surface area contributed by atoms with E-state index in [4.69, 9.17) is 0 Å². The predicted molar refractivity (Wildman–Crippen MR) is 72.7 cm³/mol. The standard InChI is InChI=1S/C15H31N/c1-4-10-16-15(11-13(5-2)6-3)12-14-8-7-9-14/h13-16H,4-12H2,1-3H3. The van der Waals surface area contributed by atoms with Gasteiger partial charge < -0.3 is 5.32 Å². The van der Waals surface area contributed by atoms with Crippen LogP contribution in [-0.2, 0) is 0 Å². The summed E-state index contributed by atoms with van der Waals surface area (Å²) in [6, 6.07) is 0.801. The first-order valence-corrected chi connectivity index (χ1v) is 7.53. The van der Waals surface area contributed by atoms with Gasteiger partial charge in [-0.15, -0.1) is 0 Å². The second-order valence-electron chi connectivity index (χ2n) is 5.60. The summed E-state index contributed by atoms with van der Waals surface area (Å²) in [6.45, 7) is 8.16. The maximum atomic E-state index is 3.77. The van der Waals surface area contributed by atoms with Gasteiger partial charge in [-0.2, -0.15) is 0 Å². The maximum absolute atomic E-state index is 3.77. The van der Waals surface area contributed by atoms with Crippen molar-refractivity contribution in [3.63, 3.8) is 0 Å². The van der Waals surface area contributed by atoms with Gasteiger partial charge in [0.2, 0.25) is 0 Å². The van der Waals surface area contributed by atoms with Gasteiger partial charge in [-0.3, -0.25) is 0 Å². The Balaban J connectivity index is 2.28. The zero-order valence-electron chi connectivity index (χ0n) is 11.6. The molecule has 0 aromatic heterocycles. The Bertz CT molecular complexity index is 159. The molecule has 1 N–H and O–H groups in total. The van der Waals surface area contributed by atoms with E-state index in [1.165, 1.54) is 57.9 Å². The lowest BCUT2D eigenvalue weighted by atomic mass is 9.79. The average molecular weight is 225 g/mol. The highest BCUT2D eigenvalue weighted by Gasteiger charge is 2.23. The van der Waals surface area contributed by atoms with Gasteiger partial charge in [0.15, 0.2) is 0 Å². The molecule has 1 heteroatoms. The third-order valence-electron chi connectivity index (χ3n) is 4.30. The molecule has 1 fully saturated rings. The highest BCUT2D eigenvalue weighted by molar-refractivity contribution is 4.79. The Morgan fingerprint density at radius 2 is 1.81 bits per heavy atom. The first-order chi connectivity index (χ1) is 7.80. The topological polar surface area (TPSA) is 12.0 Å². The molecule has 0 bridgehead atoms. The normalized spacial score (nSPS) is 18.8. The fraction of sp³-hybridized carbons (Fsp3) is 1.00. The van der Waals surface area contributed by atoms with E-state index in [9.17, 15) is 0 Å². The molecule has 0 aromatic carbocycles. The molecule has 1 atom stereocenters. The van der Waals surface area contributed by atoms with Crippen LogP contribution < -0.4 is 5.32 Å². The molecule has 96 valence electrons. The van der Waals surface area contributed by atoms with Gasteiger partial charge in [0.25, 0.3) is 0 Å². The maximum Gasteiger partial charge on any atom is 0.00723 e. The van der Waals surface area contributed by atoms with Crippen LogP contribution in [0.25, 0.3) is 0 Å². The lowest BCUT2D eigenvalue weighted by Crippen LogP contribution is -2.35. The van der Waals surface area contributed by atoms with Crippen molar-refractivity contribution in [3.8, 4) is 0 Å². The molecule has 1 rings (SSSR count). The van der Waals surface area contributed by atoms with Gasteiger partial charge in [-0.1, -0.05) is 52.9 Å². The van der Waals surface area contributed by atoms with Crippen LogP contribution in [0.15, 0.2) is 0 Å². The lowest BCUT2D eigenvalue weighted by molar-refractivity contribution is 0.237. The Morgan fingerprint density at radius 3 is 2.25 bits per heavy atom. The average Bonchev–Trinajstić information content (AvgIpc) is 2.26. The van der Waals surface area contributed by atoms with Gasteiger partial charge in [0.05, 0.1) is 0 Å². The minimum Gasteiger partial charge on any atom is -0.314 e. The van der Waals surface area contributed by atoms with Crippen molar-refractivity contribution in [1.29, 1.82) is 0 Å². The van der Waals surface area contributed by atoms with E-state index in [0.717, 1.165) is 17.9 Å². The van der Waals surface area contributed by atoms with Crippen molar-refractivity contribution in [3.05, 3.63) is 0 Å². The zero-order chi connectivity index (χ0) is 11.8. The van der Waals surface area contributed by atoms with Gasteiger partial charge in [-0.05, 0) is 37.6 Å². The summed E-state index contributed by atoms with van der Waals surface area (Å²) in [5, 5.41) is 3.77. The van der Waals surface area contributed by atoms with E-state index in [1.807, 2.05) is 0 Å². The van der Waals surface area contributed by atoms with Gasteiger partial charge >= 0.3 is 0 Å². The lowest BCUT2D eigenvalue weighted by Gasteiger charge is -2.32. The molecule has 1 aliphatic carbocycles. The van der Waals surface area contributed by atoms with E-state index in [1.54, 1.807) is 0 Å². The Morgan fingerprint density at radius 1 is 1.12 bits per heavy atom. The Labute approximate surface area is 102 Å². The van der Waals surface area contributed by atoms with Gasteiger partial charge in [0, 0.05) is 6.04 Å². The van der Waals surface area contributed by atoms with Crippen LogP contribution in [0.2, 0.25) is 0 Å². The molecule has 0 heterocycles.